The predicted octanol–water partition coefficient (Wildman–Crippen LogP) is 5.26. The highest BCUT2D eigenvalue weighted by Gasteiger charge is 2.55. The zero-order valence-corrected chi connectivity index (χ0v) is 14.6. The van der Waals surface area contributed by atoms with E-state index in [-0.39, 0.29) is 6.10 Å². The fourth-order valence-corrected chi connectivity index (χ4v) is 6.83. The molecule has 1 heteroatoms. The SMILES string of the molecule is CC=C1CC[C@H]2[C@@H]3CCC4C[C@H](O)CC[C@]4(C)C3=CC[C@]12C. The van der Waals surface area contributed by atoms with Crippen molar-refractivity contribution in [3.8, 4) is 0 Å². The van der Waals surface area contributed by atoms with Gasteiger partial charge in [-0.05, 0) is 86.9 Å². The number of allylic oxidation sites excluding steroid dienone is 4. The molecule has 3 saturated carbocycles. The molecule has 0 aromatic carbocycles. The number of aliphatic hydroxyl groups is 1. The van der Waals surface area contributed by atoms with Crippen LogP contribution in [0.3, 0.4) is 0 Å². The van der Waals surface area contributed by atoms with Gasteiger partial charge < -0.3 is 5.11 Å². The van der Waals surface area contributed by atoms with Crippen LogP contribution in [0.25, 0.3) is 0 Å². The highest BCUT2D eigenvalue weighted by molar-refractivity contribution is 5.34. The van der Waals surface area contributed by atoms with Gasteiger partial charge in [0.1, 0.15) is 0 Å². The minimum Gasteiger partial charge on any atom is -0.393 e. The topological polar surface area (TPSA) is 20.2 Å². The Bertz CT molecular complexity index is 530. The Morgan fingerprint density at radius 3 is 2.73 bits per heavy atom. The number of fused-ring (bicyclic) bond motifs is 5. The van der Waals surface area contributed by atoms with Gasteiger partial charge in [0.15, 0.2) is 0 Å². The highest BCUT2D eigenvalue weighted by atomic mass is 16.3. The molecule has 0 spiro atoms. The first-order valence-corrected chi connectivity index (χ1v) is 9.53. The number of aliphatic hydroxyl groups excluding tert-OH is 1. The van der Waals surface area contributed by atoms with E-state index in [0.717, 1.165) is 30.6 Å². The Hall–Kier alpha value is -0.560. The number of hydrogen-bond donors (Lipinski definition) is 1. The molecule has 1 N–H and O–H groups in total. The van der Waals surface area contributed by atoms with E-state index in [2.05, 4.69) is 32.9 Å². The monoisotopic (exact) mass is 300 g/mol. The molecule has 0 saturated heterocycles. The van der Waals surface area contributed by atoms with E-state index in [1.165, 1.54) is 38.5 Å². The van der Waals surface area contributed by atoms with Crippen molar-refractivity contribution in [3.05, 3.63) is 23.3 Å². The molecule has 0 heterocycles. The lowest BCUT2D eigenvalue weighted by Gasteiger charge is -2.56. The Morgan fingerprint density at radius 1 is 1.14 bits per heavy atom. The van der Waals surface area contributed by atoms with E-state index < -0.39 is 0 Å². The fraction of sp³-hybridized carbons (Fsp3) is 0.810. The van der Waals surface area contributed by atoms with Crippen LogP contribution < -0.4 is 0 Å². The van der Waals surface area contributed by atoms with Crippen LogP contribution in [0.4, 0.5) is 0 Å². The summed E-state index contributed by atoms with van der Waals surface area (Å²) in [5.41, 5.74) is 4.36. The molecule has 0 bridgehead atoms. The second kappa shape index (κ2) is 4.97. The molecule has 0 aromatic rings. The number of hydrogen-bond acceptors (Lipinski definition) is 1. The molecule has 4 aliphatic rings. The number of rotatable bonds is 0. The van der Waals surface area contributed by atoms with Gasteiger partial charge in [-0.15, -0.1) is 0 Å². The summed E-state index contributed by atoms with van der Waals surface area (Å²) in [5, 5.41) is 10.1. The average molecular weight is 300 g/mol. The maximum Gasteiger partial charge on any atom is 0.0543 e. The van der Waals surface area contributed by atoms with Crippen molar-refractivity contribution < 1.29 is 5.11 Å². The van der Waals surface area contributed by atoms with Crippen LogP contribution >= 0.6 is 0 Å². The lowest BCUT2D eigenvalue weighted by Crippen LogP contribution is -2.47. The summed E-state index contributed by atoms with van der Waals surface area (Å²) in [5.74, 6) is 2.43. The molecule has 122 valence electrons. The van der Waals surface area contributed by atoms with Crippen molar-refractivity contribution >= 4 is 0 Å². The van der Waals surface area contributed by atoms with Crippen LogP contribution in [0.5, 0.6) is 0 Å². The standard InChI is InChI=1S/C21H32O/c1-4-14-6-8-18-17-7-5-15-13-16(22)9-11-21(15,3)19(17)10-12-20(14,18)2/h4,10,15-18,22H,5-9,11-13H2,1-3H3/t15?,16-,17+,18+,20-,21+/m1/s1. The molecule has 4 aliphatic carbocycles. The fourth-order valence-electron chi connectivity index (χ4n) is 6.83. The van der Waals surface area contributed by atoms with Gasteiger partial charge in [0.2, 0.25) is 0 Å². The third-order valence-corrected chi connectivity index (χ3v) is 8.20. The summed E-state index contributed by atoms with van der Waals surface area (Å²) < 4.78 is 0. The van der Waals surface area contributed by atoms with Crippen molar-refractivity contribution in [3.63, 3.8) is 0 Å². The second-order valence-corrected chi connectivity index (χ2v) is 8.97. The first kappa shape index (κ1) is 15.0. The van der Waals surface area contributed by atoms with Crippen LogP contribution in [-0.2, 0) is 0 Å². The minimum atomic E-state index is -0.0369. The Labute approximate surface area is 135 Å². The molecule has 0 radical (unpaired) electrons. The molecule has 6 atom stereocenters. The Kier molecular flexibility index (Phi) is 3.39. The average Bonchev–Trinajstić information content (AvgIpc) is 2.84. The van der Waals surface area contributed by atoms with Gasteiger partial charge in [-0.3, -0.25) is 0 Å². The smallest absolute Gasteiger partial charge is 0.0543 e. The first-order chi connectivity index (χ1) is 10.5. The van der Waals surface area contributed by atoms with Crippen LogP contribution in [0.2, 0.25) is 0 Å². The normalized spacial score (nSPS) is 52.7. The zero-order valence-electron chi connectivity index (χ0n) is 14.6. The molecule has 0 amide bonds. The van der Waals surface area contributed by atoms with Crippen molar-refractivity contribution in [1.29, 1.82) is 0 Å². The van der Waals surface area contributed by atoms with E-state index >= 15 is 0 Å². The third-order valence-electron chi connectivity index (χ3n) is 8.20. The van der Waals surface area contributed by atoms with Gasteiger partial charge in [-0.25, -0.2) is 0 Å². The van der Waals surface area contributed by atoms with E-state index in [1.807, 2.05) is 0 Å². The summed E-state index contributed by atoms with van der Waals surface area (Å²) in [7, 11) is 0. The lowest BCUT2D eigenvalue weighted by molar-refractivity contribution is -0.00472. The Morgan fingerprint density at radius 2 is 1.95 bits per heavy atom. The highest BCUT2D eigenvalue weighted by Crippen LogP contribution is 2.65. The van der Waals surface area contributed by atoms with Gasteiger partial charge >= 0.3 is 0 Å². The summed E-state index contributed by atoms with van der Waals surface area (Å²) in [4.78, 5) is 0. The molecular formula is C21H32O. The van der Waals surface area contributed by atoms with Crippen molar-refractivity contribution in [2.45, 2.75) is 78.2 Å². The predicted molar refractivity (Wildman–Crippen MR) is 91.5 cm³/mol. The minimum absolute atomic E-state index is 0.0369. The largest absolute Gasteiger partial charge is 0.393 e. The van der Waals surface area contributed by atoms with Gasteiger partial charge in [-0.2, -0.15) is 0 Å². The Balaban J connectivity index is 1.71. The van der Waals surface area contributed by atoms with Gasteiger partial charge in [0, 0.05) is 0 Å². The maximum absolute atomic E-state index is 10.1. The lowest BCUT2D eigenvalue weighted by atomic mass is 9.49. The van der Waals surface area contributed by atoms with Gasteiger partial charge in [-0.1, -0.05) is 37.1 Å². The molecule has 4 rings (SSSR count). The summed E-state index contributed by atoms with van der Waals surface area (Å²) in [6, 6.07) is 0. The summed E-state index contributed by atoms with van der Waals surface area (Å²) in [6.45, 7) is 7.30. The van der Waals surface area contributed by atoms with Crippen molar-refractivity contribution in [2.75, 3.05) is 0 Å². The molecule has 0 aromatic heterocycles. The third kappa shape index (κ3) is 1.87. The molecule has 0 aliphatic heterocycles. The van der Waals surface area contributed by atoms with Gasteiger partial charge in [0.05, 0.1) is 6.10 Å². The first-order valence-electron chi connectivity index (χ1n) is 9.53. The van der Waals surface area contributed by atoms with Crippen LogP contribution in [0.1, 0.15) is 72.1 Å². The van der Waals surface area contributed by atoms with Crippen LogP contribution in [0.15, 0.2) is 23.3 Å². The molecule has 22 heavy (non-hydrogen) atoms. The second-order valence-electron chi connectivity index (χ2n) is 8.97. The zero-order chi connectivity index (χ0) is 15.5. The van der Waals surface area contributed by atoms with E-state index in [4.69, 9.17) is 0 Å². The molecular weight excluding hydrogens is 268 g/mol. The van der Waals surface area contributed by atoms with Crippen molar-refractivity contribution in [1.82, 2.24) is 0 Å². The van der Waals surface area contributed by atoms with E-state index in [9.17, 15) is 5.11 Å². The van der Waals surface area contributed by atoms with Crippen LogP contribution in [0, 0.1) is 28.6 Å². The summed E-state index contributed by atoms with van der Waals surface area (Å²) in [6.07, 6.45) is 15.0. The quantitative estimate of drug-likeness (QED) is 0.605. The van der Waals surface area contributed by atoms with E-state index in [0.29, 0.717) is 10.8 Å². The summed E-state index contributed by atoms with van der Waals surface area (Å²) >= 11 is 0. The van der Waals surface area contributed by atoms with E-state index in [1.54, 1.807) is 11.1 Å². The molecule has 1 unspecified atom stereocenters. The van der Waals surface area contributed by atoms with Crippen LogP contribution in [-0.4, -0.2) is 11.2 Å². The maximum atomic E-state index is 10.1. The van der Waals surface area contributed by atoms with Gasteiger partial charge in [0.25, 0.3) is 0 Å². The molecule has 3 fully saturated rings. The van der Waals surface area contributed by atoms with Crippen molar-refractivity contribution in [2.24, 2.45) is 28.6 Å². The molecule has 1 nitrogen and oxygen atoms in total.